The van der Waals surface area contributed by atoms with Crippen LogP contribution in [0.2, 0.25) is 0 Å². The van der Waals surface area contributed by atoms with Gasteiger partial charge in [0.1, 0.15) is 0 Å². The number of carbonyl (C=O) groups excluding carboxylic acids is 2. The van der Waals surface area contributed by atoms with E-state index in [0.717, 1.165) is 51.4 Å². The number of amides is 1. The molecule has 0 rings (SSSR count). The van der Waals surface area contributed by atoms with Gasteiger partial charge in [-0.2, -0.15) is 0 Å². The van der Waals surface area contributed by atoms with E-state index in [1.54, 1.807) is 0 Å². The van der Waals surface area contributed by atoms with Gasteiger partial charge in [0.25, 0.3) is 0 Å². The fourth-order valence-electron chi connectivity index (χ4n) is 10.7. The lowest BCUT2D eigenvalue weighted by atomic mass is 10.0. The Bertz CT molecular complexity index is 1230. The molecule has 6 heteroatoms. The first-order valence-corrected chi connectivity index (χ1v) is 34.2. The summed E-state index contributed by atoms with van der Waals surface area (Å²) in [4.78, 5) is 24.5. The van der Waals surface area contributed by atoms with Crippen LogP contribution in [0.5, 0.6) is 0 Å². The zero-order chi connectivity index (χ0) is 55.0. The first-order valence-electron chi connectivity index (χ1n) is 34.2. The molecule has 0 aromatic carbocycles. The number of esters is 1. The van der Waals surface area contributed by atoms with Gasteiger partial charge < -0.3 is 20.3 Å². The Morgan fingerprint density at radius 1 is 0.368 bits per heavy atom. The molecule has 2 unspecified atom stereocenters. The minimum atomic E-state index is -0.659. The number of allylic oxidation sites excluding steroid dienone is 6. The predicted octanol–water partition coefficient (Wildman–Crippen LogP) is 21.9. The third-order valence-corrected chi connectivity index (χ3v) is 15.9. The fourth-order valence-corrected chi connectivity index (χ4v) is 10.7. The molecule has 0 fully saturated rings. The molecule has 0 aromatic rings. The van der Waals surface area contributed by atoms with Crippen molar-refractivity contribution >= 4 is 11.9 Å². The van der Waals surface area contributed by atoms with Crippen LogP contribution < -0.4 is 5.32 Å². The lowest BCUT2D eigenvalue weighted by Crippen LogP contribution is -2.45. The molecule has 0 saturated heterocycles. The van der Waals surface area contributed by atoms with Gasteiger partial charge in [-0.05, 0) is 77.0 Å². The van der Waals surface area contributed by atoms with E-state index in [1.165, 1.54) is 289 Å². The predicted molar refractivity (Wildman–Crippen MR) is 333 cm³/mol. The zero-order valence-electron chi connectivity index (χ0n) is 51.3. The summed E-state index contributed by atoms with van der Waals surface area (Å²) >= 11 is 0. The van der Waals surface area contributed by atoms with Crippen molar-refractivity contribution in [3.63, 3.8) is 0 Å². The minimum Gasteiger partial charge on any atom is -0.466 e. The van der Waals surface area contributed by atoms with Gasteiger partial charge in [0.15, 0.2) is 0 Å². The average Bonchev–Trinajstić information content (AvgIpc) is 3.42. The Morgan fingerprint density at radius 3 is 1.07 bits per heavy atom. The second kappa shape index (κ2) is 65.6. The number of carbonyl (C=O) groups is 2. The lowest BCUT2D eigenvalue weighted by Gasteiger charge is -2.22. The molecule has 0 radical (unpaired) electrons. The highest BCUT2D eigenvalue weighted by Gasteiger charge is 2.20. The van der Waals surface area contributed by atoms with Crippen molar-refractivity contribution in [2.45, 2.75) is 386 Å². The minimum absolute atomic E-state index is 0.00602. The number of aliphatic hydroxyl groups is 2. The van der Waals surface area contributed by atoms with Crippen molar-refractivity contribution in [2.75, 3.05) is 13.2 Å². The number of unbranched alkanes of at least 4 members (excludes halogenated alkanes) is 47. The molecule has 0 spiro atoms. The van der Waals surface area contributed by atoms with Crippen molar-refractivity contribution < 1.29 is 24.5 Å². The van der Waals surface area contributed by atoms with Crippen LogP contribution in [0.4, 0.5) is 0 Å². The topological polar surface area (TPSA) is 95.9 Å². The number of rotatable bonds is 64. The van der Waals surface area contributed by atoms with Gasteiger partial charge in [0.05, 0.1) is 25.4 Å². The van der Waals surface area contributed by atoms with Crippen LogP contribution in [0.1, 0.15) is 373 Å². The molecule has 448 valence electrons. The zero-order valence-corrected chi connectivity index (χ0v) is 51.3. The molecule has 76 heavy (non-hydrogen) atoms. The van der Waals surface area contributed by atoms with Crippen molar-refractivity contribution in [1.82, 2.24) is 5.32 Å². The highest BCUT2D eigenvalue weighted by Crippen LogP contribution is 2.18. The summed E-state index contributed by atoms with van der Waals surface area (Å²) in [5.74, 6) is -0.0261. The molecule has 6 nitrogen and oxygen atoms in total. The van der Waals surface area contributed by atoms with E-state index in [2.05, 4.69) is 55.6 Å². The van der Waals surface area contributed by atoms with Gasteiger partial charge >= 0.3 is 5.97 Å². The van der Waals surface area contributed by atoms with Crippen molar-refractivity contribution in [3.8, 4) is 0 Å². The third-order valence-electron chi connectivity index (χ3n) is 15.9. The van der Waals surface area contributed by atoms with Gasteiger partial charge in [-0.1, -0.05) is 320 Å². The summed E-state index contributed by atoms with van der Waals surface area (Å²) in [7, 11) is 0. The van der Waals surface area contributed by atoms with Crippen LogP contribution in [0, 0.1) is 0 Å². The summed E-state index contributed by atoms with van der Waals surface area (Å²) < 4.78 is 5.48. The number of nitrogens with one attached hydrogen (secondary N) is 1. The Morgan fingerprint density at radius 2 is 0.684 bits per heavy atom. The smallest absolute Gasteiger partial charge is 0.305 e. The Balaban J connectivity index is 3.30. The van der Waals surface area contributed by atoms with Crippen LogP contribution in [0.15, 0.2) is 36.5 Å². The van der Waals surface area contributed by atoms with Gasteiger partial charge in [0.2, 0.25) is 5.91 Å². The monoisotopic (exact) mass is 1070 g/mol. The second-order valence-corrected chi connectivity index (χ2v) is 23.5. The van der Waals surface area contributed by atoms with E-state index in [-0.39, 0.29) is 18.5 Å². The molecular weight excluding hydrogens is 935 g/mol. The van der Waals surface area contributed by atoms with E-state index in [4.69, 9.17) is 4.74 Å². The molecule has 0 aliphatic rings. The molecule has 1 amide bonds. The quantitative estimate of drug-likeness (QED) is 0.0320. The molecule has 0 bridgehead atoms. The summed E-state index contributed by atoms with van der Waals surface area (Å²) in [5.41, 5.74) is 0. The van der Waals surface area contributed by atoms with Crippen LogP contribution >= 0.6 is 0 Å². The van der Waals surface area contributed by atoms with Crippen LogP contribution in [-0.2, 0) is 14.3 Å². The van der Waals surface area contributed by atoms with Crippen molar-refractivity contribution in [2.24, 2.45) is 0 Å². The van der Waals surface area contributed by atoms with E-state index in [1.807, 2.05) is 0 Å². The molecule has 0 saturated carbocycles. The maximum absolute atomic E-state index is 12.4. The molecule has 0 aliphatic heterocycles. The summed E-state index contributed by atoms with van der Waals surface area (Å²) in [5, 5.41) is 23.1. The number of hydrogen-bond acceptors (Lipinski definition) is 5. The summed E-state index contributed by atoms with van der Waals surface area (Å²) in [6.45, 7) is 4.88. The highest BCUT2D eigenvalue weighted by molar-refractivity contribution is 5.76. The Labute approximate surface area is 474 Å². The van der Waals surface area contributed by atoms with Crippen LogP contribution in [-0.4, -0.2) is 47.4 Å². The fraction of sp³-hybridized carbons (Fsp3) is 0.886. The highest BCUT2D eigenvalue weighted by atomic mass is 16.5. The maximum Gasteiger partial charge on any atom is 0.305 e. The number of hydrogen-bond donors (Lipinski definition) is 3. The Kier molecular flexibility index (Phi) is 63.9. The van der Waals surface area contributed by atoms with Crippen LogP contribution in [0.25, 0.3) is 0 Å². The number of ether oxygens (including phenoxy) is 1. The normalized spacial score (nSPS) is 12.7. The van der Waals surface area contributed by atoms with Crippen molar-refractivity contribution in [3.05, 3.63) is 36.5 Å². The molecule has 0 heterocycles. The molecule has 2 atom stereocenters. The van der Waals surface area contributed by atoms with E-state index < -0.39 is 12.1 Å². The standard InChI is InChI=1S/C70H133NO5/c1-3-5-7-9-11-13-14-40-44-48-52-56-60-64-70(75)76-65-61-57-53-49-45-42-39-37-35-33-31-29-27-25-23-21-19-17-15-16-18-20-22-24-26-28-30-32-34-36-38-41-43-47-51-55-59-63-69(74)71-67(66-72)68(73)62-58-54-50-46-12-10-8-6-4-2/h7,9,13-15,17,67-68,72-73H,3-6,8,10-12,16,18-66H2,1-2H3,(H,71,74)/b9-7-,14-13-,17-15-. The average molecular weight is 1070 g/mol. The largest absolute Gasteiger partial charge is 0.466 e. The first kappa shape index (κ1) is 74.1. The molecule has 3 N–H and O–H groups in total. The van der Waals surface area contributed by atoms with E-state index >= 15 is 0 Å². The van der Waals surface area contributed by atoms with Gasteiger partial charge in [-0.15, -0.1) is 0 Å². The second-order valence-electron chi connectivity index (χ2n) is 23.5. The Hall–Kier alpha value is -1.92. The number of aliphatic hydroxyl groups excluding tert-OH is 2. The van der Waals surface area contributed by atoms with Gasteiger partial charge in [-0.3, -0.25) is 9.59 Å². The third kappa shape index (κ3) is 61.3. The molecule has 0 aromatic heterocycles. The van der Waals surface area contributed by atoms with E-state index in [0.29, 0.717) is 25.9 Å². The van der Waals surface area contributed by atoms with Crippen molar-refractivity contribution in [1.29, 1.82) is 0 Å². The molecule has 0 aliphatic carbocycles. The first-order chi connectivity index (χ1) is 37.5. The lowest BCUT2D eigenvalue weighted by molar-refractivity contribution is -0.143. The SMILES string of the molecule is CCC/C=C\C/C=C\CCCCCCCC(=O)OCCCCCCCCCCCCCCCCCC/C=C\CCCCCCCCCCCCCCCCCCCC(=O)NC(CO)C(O)CCCCCCCCCCC. The van der Waals surface area contributed by atoms with E-state index in [9.17, 15) is 19.8 Å². The summed E-state index contributed by atoms with van der Waals surface area (Å²) in [6.07, 6.45) is 83.6. The molecular formula is C70H133NO5. The van der Waals surface area contributed by atoms with Gasteiger partial charge in [-0.25, -0.2) is 0 Å². The maximum atomic E-state index is 12.4. The van der Waals surface area contributed by atoms with Gasteiger partial charge in [0, 0.05) is 12.8 Å². The van der Waals surface area contributed by atoms with Crippen LogP contribution in [0.3, 0.4) is 0 Å². The summed E-state index contributed by atoms with van der Waals surface area (Å²) in [6, 6.07) is -0.536.